The predicted molar refractivity (Wildman–Crippen MR) is 122 cm³/mol. The van der Waals surface area contributed by atoms with E-state index in [1.54, 1.807) is 7.11 Å². The van der Waals surface area contributed by atoms with Gasteiger partial charge in [0.05, 0.1) is 18.0 Å². The maximum Gasteiger partial charge on any atom is 0.230 e. The van der Waals surface area contributed by atoms with Crippen molar-refractivity contribution in [2.24, 2.45) is 0 Å². The number of methoxy groups -OCH3 is 1. The van der Waals surface area contributed by atoms with Gasteiger partial charge in [-0.1, -0.05) is 41.2 Å². The number of ether oxygens (including phenoxy) is 1. The number of aromatic hydroxyl groups is 1. The number of anilines is 1. The van der Waals surface area contributed by atoms with Gasteiger partial charge in [0.25, 0.3) is 0 Å². The SMILES string of the molecule is COc1ccc(N2CCN(C(c3ccc(C)cc3)c3sc4ncnn4c3O)CC2)cc1. The molecule has 0 spiro atoms. The van der Waals surface area contributed by atoms with Gasteiger partial charge in [0.1, 0.15) is 12.1 Å². The number of benzene rings is 2. The van der Waals surface area contributed by atoms with Crippen LogP contribution in [0.25, 0.3) is 4.96 Å². The Labute approximate surface area is 185 Å². The number of hydrogen-bond donors (Lipinski definition) is 1. The normalized spacial score (nSPS) is 16.0. The fourth-order valence-electron chi connectivity index (χ4n) is 4.18. The standard InChI is InChI=1S/C23H25N5O2S/c1-16-3-5-17(6-4-16)20(21-22(29)28-23(31-21)24-15-25-28)27-13-11-26(12-14-27)18-7-9-19(30-2)10-8-18/h3-10,15,20,29H,11-14H2,1-2H3. The van der Waals surface area contributed by atoms with E-state index in [0.29, 0.717) is 4.96 Å². The van der Waals surface area contributed by atoms with Crippen molar-refractivity contribution < 1.29 is 9.84 Å². The van der Waals surface area contributed by atoms with Gasteiger partial charge in [0.2, 0.25) is 10.8 Å². The van der Waals surface area contributed by atoms with Crippen molar-refractivity contribution in [3.05, 3.63) is 70.9 Å². The van der Waals surface area contributed by atoms with E-state index in [4.69, 9.17) is 4.74 Å². The molecule has 0 saturated carbocycles. The van der Waals surface area contributed by atoms with E-state index in [-0.39, 0.29) is 11.9 Å². The van der Waals surface area contributed by atoms with Gasteiger partial charge in [-0.15, -0.1) is 0 Å². The Balaban J connectivity index is 1.42. The summed E-state index contributed by atoms with van der Waals surface area (Å²) in [5.41, 5.74) is 3.59. The molecule has 1 aliphatic rings. The third kappa shape index (κ3) is 3.73. The summed E-state index contributed by atoms with van der Waals surface area (Å²) in [6.07, 6.45) is 1.48. The quantitative estimate of drug-likeness (QED) is 0.515. The van der Waals surface area contributed by atoms with Crippen LogP contribution in [-0.4, -0.2) is 57.9 Å². The molecule has 0 aliphatic carbocycles. The molecule has 1 fully saturated rings. The van der Waals surface area contributed by atoms with Crippen LogP contribution in [0.2, 0.25) is 0 Å². The lowest BCUT2D eigenvalue weighted by Gasteiger charge is -2.40. The van der Waals surface area contributed by atoms with Gasteiger partial charge >= 0.3 is 0 Å². The zero-order valence-corrected chi connectivity index (χ0v) is 18.4. The Morgan fingerprint density at radius 3 is 2.35 bits per heavy atom. The first-order valence-electron chi connectivity index (χ1n) is 10.3. The number of aromatic nitrogens is 3. The van der Waals surface area contributed by atoms with Gasteiger partial charge in [-0.05, 0) is 36.8 Å². The Bertz CT molecular complexity index is 1160. The van der Waals surface area contributed by atoms with Crippen molar-refractivity contribution in [2.45, 2.75) is 13.0 Å². The van der Waals surface area contributed by atoms with Crippen LogP contribution >= 0.6 is 11.3 Å². The molecule has 0 amide bonds. The Hall–Kier alpha value is -3.10. The second kappa shape index (κ2) is 8.20. The topological polar surface area (TPSA) is 66.1 Å². The Morgan fingerprint density at radius 2 is 1.71 bits per heavy atom. The number of fused-ring (bicyclic) bond motifs is 1. The second-order valence-electron chi connectivity index (χ2n) is 7.78. The molecular weight excluding hydrogens is 410 g/mol. The second-order valence-corrected chi connectivity index (χ2v) is 8.79. The highest BCUT2D eigenvalue weighted by atomic mass is 32.1. The van der Waals surface area contributed by atoms with E-state index >= 15 is 0 Å². The lowest BCUT2D eigenvalue weighted by molar-refractivity contribution is 0.211. The summed E-state index contributed by atoms with van der Waals surface area (Å²) in [7, 11) is 1.69. The molecule has 160 valence electrons. The van der Waals surface area contributed by atoms with Gasteiger partial charge in [-0.3, -0.25) is 4.90 Å². The van der Waals surface area contributed by atoms with Crippen molar-refractivity contribution in [1.29, 1.82) is 0 Å². The molecule has 5 rings (SSSR count). The van der Waals surface area contributed by atoms with Crippen LogP contribution in [0, 0.1) is 6.92 Å². The van der Waals surface area contributed by atoms with Crippen LogP contribution in [0.15, 0.2) is 54.9 Å². The van der Waals surface area contributed by atoms with Gasteiger partial charge in [0, 0.05) is 31.9 Å². The monoisotopic (exact) mass is 435 g/mol. The van der Waals surface area contributed by atoms with E-state index < -0.39 is 0 Å². The molecule has 2 aromatic heterocycles. The highest BCUT2D eigenvalue weighted by molar-refractivity contribution is 7.17. The fraction of sp³-hybridized carbons (Fsp3) is 0.304. The summed E-state index contributed by atoms with van der Waals surface area (Å²) in [6.45, 7) is 5.69. The first kappa shape index (κ1) is 19.8. The highest BCUT2D eigenvalue weighted by Gasteiger charge is 2.31. The average Bonchev–Trinajstić information content (AvgIpc) is 3.39. The number of aryl methyl sites for hydroxylation is 1. The molecule has 8 heteroatoms. The lowest BCUT2D eigenvalue weighted by atomic mass is 10.0. The molecule has 0 radical (unpaired) electrons. The third-order valence-corrected chi connectivity index (χ3v) is 6.98. The minimum absolute atomic E-state index is 0.0351. The molecule has 0 bridgehead atoms. The lowest BCUT2D eigenvalue weighted by Crippen LogP contribution is -2.47. The summed E-state index contributed by atoms with van der Waals surface area (Å²) in [5, 5.41) is 15.1. The molecule has 1 atom stereocenters. The summed E-state index contributed by atoms with van der Waals surface area (Å²) in [4.78, 5) is 10.7. The molecule has 1 saturated heterocycles. The van der Waals surface area contributed by atoms with E-state index in [1.165, 1.54) is 39.0 Å². The number of rotatable bonds is 5. The third-order valence-electron chi connectivity index (χ3n) is 5.90. The van der Waals surface area contributed by atoms with Crippen LogP contribution < -0.4 is 9.64 Å². The molecule has 4 aromatic rings. The van der Waals surface area contributed by atoms with Crippen molar-refractivity contribution in [2.75, 3.05) is 38.2 Å². The van der Waals surface area contributed by atoms with Gasteiger partial charge in [-0.25, -0.2) is 4.98 Å². The van der Waals surface area contributed by atoms with Crippen molar-refractivity contribution in [3.8, 4) is 11.6 Å². The first-order valence-corrected chi connectivity index (χ1v) is 11.2. The molecule has 7 nitrogen and oxygen atoms in total. The zero-order chi connectivity index (χ0) is 21.4. The number of piperazine rings is 1. The van der Waals surface area contributed by atoms with Crippen LogP contribution in [0.3, 0.4) is 0 Å². The van der Waals surface area contributed by atoms with E-state index in [2.05, 4.69) is 63.2 Å². The average molecular weight is 436 g/mol. The molecular formula is C23H25N5O2S. The minimum atomic E-state index is -0.0351. The van der Waals surface area contributed by atoms with Crippen molar-refractivity contribution in [1.82, 2.24) is 19.5 Å². The molecule has 1 unspecified atom stereocenters. The predicted octanol–water partition coefficient (Wildman–Crippen LogP) is 3.73. The van der Waals surface area contributed by atoms with Gasteiger partial charge in [-0.2, -0.15) is 9.61 Å². The Kier molecular flexibility index (Phi) is 5.25. The molecule has 3 heterocycles. The smallest absolute Gasteiger partial charge is 0.230 e. The van der Waals surface area contributed by atoms with Crippen LogP contribution in [0.4, 0.5) is 5.69 Å². The van der Waals surface area contributed by atoms with E-state index in [1.807, 2.05) is 12.1 Å². The van der Waals surface area contributed by atoms with Crippen LogP contribution in [-0.2, 0) is 0 Å². The summed E-state index contributed by atoms with van der Waals surface area (Å²) in [5.74, 6) is 1.05. The van der Waals surface area contributed by atoms with E-state index in [9.17, 15) is 5.11 Å². The van der Waals surface area contributed by atoms with E-state index in [0.717, 1.165) is 36.8 Å². The minimum Gasteiger partial charge on any atom is -0.497 e. The van der Waals surface area contributed by atoms with Crippen molar-refractivity contribution in [3.63, 3.8) is 0 Å². The van der Waals surface area contributed by atoms with Crippen LogP contribution in [0.5, 0.6) is 11.6 Å². The summed E-state index contributed by atoms with van der Waals surface area (Å²) >= 11 is 1.50. The molecule has 2 aromatic carbocycles. The maximum absolute atomic E-state index is 10.9. The van der Waals surface area contributed by atoms with Gasteiger partial charge in [0.15, 0.2) is 0 Å². The van der Waals surface area contributed by atoms with Gasteiger partial charge < -0.3 is 14.7 Å². The number of thiazole rings is 1. The Morgan fingerprint density at radius 1 is 1.00 bits per heavy atom. The summed E-state index contributed by atoms with van der Waals surface area (Å²) < 4.78 is 6.80. The molecule has 1 aliphatic heterocycles. The summed E-state index contributed by atoms with van der Waals surface area (Å²) in [6, 6.07) is 16.8. The van der Waals surface area contributed by atoms with Crippen LogP contribution in [0.1, 0.15) is 22.0 Å². The first-order chi connectivity index (χ1) is 15.1. The zero-order valence-electron chi connectivity index (χ0n) is 17.6. The fourth-order valence-corrected chi connectivity index (χ4v) is 5.27. The number of nitrogens with zero attached hydrogens (tertiary/aromatic N) is 5. The van der Waals surface area contributed by atoms with Crippen molar-refractivity contribution >= 4 is 22.0 Å². The largest absolute Gasteiger partial charge is 0.497 e. The molecule has 1 N–H and O–H groups in total. The maximum atomic E-state index is 10.9. The highest BCUT2D eigenvalue weighted by Crippen LogP contribution is 2.40. The number of hydrogen-bond acceptors (Lipinski definition) is 7. The molecule has 31 heavy (non-hydrogen) atoms.